The lowest BCUT2D eigenvalue weighted by Crippen LogP contribution is -2.47. The predicted octanol–water partition coefficient (Wildman–Crippen LogP) is 6.37. The van der Waals surface area contributed by atoms with Crippen molar-refractivity contribution in [1.29, 1.82) is 0 Å². The maximum atomic E-state index is 14.3. The van der Waals surface area contributed by atoms with Crippen molar-refractivity contribution >= 4 is 17.7 Å². The van der Waals surface area contributed by atoms with E-state index in [4.69, 9.17) is 29.3 Å². The average Bonchev–Trinajstić information content (AvgIpc) is 3.42. The van der Waals surface area contributed by atoms with Gasteiger partial charge in [-0.15, -0.1) is 5.10 Å². The predicted molar refractivity (Wildman–Crippen MR) is 162 cm³/mol. The quantitative estimate of drug-likeness (QED) is 0.265. The highest BCUT2D eigenvalue weighted by Crippen LogP contribution is 2.33. The van der Waals surface area contributed by atoms with Gasteiger partial charge in [0, 0.05) is 47.8 Å². The molecule has 0 aliphatic carbocycles. The monoisotopic (exact) mass is 590 g/mol. The van der Waals surface area contributed by atoms with Gasteiger partial charge in [-0.1, -0.05) is 12.1 Å². The fourth-order valence-corrected chi connectivity index (χ4v) is 5.33. The summed E-state index contributed by atoms with van der Waals surface area (Å²) in [5, 5.41) is 8.30. The molecule has 3 heterocycles. The van der Waals surface area contributed by atoms with Gasteiger partial charge < -0.3 is 24.4 Å². The molecule has 0 spiro atoms. The molecule has 1 fully saturated rings. The van der Waals surface area contributed by atoms with E-state index in [1.54, 1.807) is 29.7 Å². The Kier molecular flexibility index (Phi) is 8.43. The van der Waals surface area contributed by atoms with Crippen LogP contribution in [0.25, 0.3) is 16.9 Å². The molecule has 2 atom stereocenters. The fraction of sp³-hybridized carbons (Fsp3) is 0.438. The highest BCUT2D eigenvalue weighted by Gasteiger charge is 2.34. The van der Waals surface area contributed by atoms with E-state index in [1.807, 2.05) is 58.9 Å². The summed E-state index contributed by atoms with van der Waals surface area (Å²) in [6.07, 6.45) is 1.29. The largest absolute Gasteiger partial charge is 0.497 e. The standard InChI is InChI=1S/C32H39FN6O4/c1-19-11-12-23(18-38(19)31(40)43-32(3,4)5)28-36-29-20(2)27(21-9-8-10-24(33)15-21)35-30(39(29)37-28)34-17-22-13-14-25(41-6)16-26(22)42-7/h8-10,13-16,19,23H,11-12,17-18H2,1-7H3,(H,34,35). The molecule has 0 saturated carbocycles. The number of piperidine rings is 1. The van der Waals surface area contributed by atoms with Crippen LogP contribution in [0.15, 0.2) is 42.5 Å². The number of aryl methyl sites for hydroxylation is 1. The second-order valence-corrected chi connectivity index (χ2v) is 11.9. The summed E-state index contributed by atoms with van der Waals surface area (Å²) in [6, 6.07) is 12.0. The highest BCUT2D eigenvalue weighted by atomic mass is 19.1. The van der Waals surface area contributed by atoms with E-state index in [0.717, 1.165) is 24.0 Å². The van der Waals surface area contributed by atoms with Gasteiger partial charge in [0.05, 0.1) is 19.9 Å². The van der Waals surface area contributed by atoms with Gasteiger partial charge in [-0.25, -0.2) is 19.2 Å². The molecular weight excluding hydrogens is 551 g/mol. The summed E-state index contributed by atoms with van der Waals surface area (Å²) in [5.41, 5.74) is 2.91. The van der Waals surface area contributed by atoms with Gasteiger partial charge in [-0.3, -0.25) is 0 Å². The Morgan fingerprint density at radius 2 is 1.88 bits per heavy atom. The Morgan fingerprint density at radius 3 is 2.58 bits per heavy atom. The van der Waals surface area contributed by atoms with Crippen molar-refractivity contribution in [1.82, 2.24) is 24.5 Å². The number of rotatable bonds is 7. The fourth-order valence-electron chi connectivity index (χ4n) is 5.33. The smallest absolute Gasteiger partial charge is 0.410 e. The second kappa shape index (κ2) is 12.1. The molecule has 5 rings (SSSR count). The number of benzene rings is 2. The van der Waals surface area contributed by atoms with E-state index in [-0.39, 0.29) is 23.9 Å². The number of carbonyl (C=O) groups excluding carboxylic acids is 1. The highest BCUT2D eigenvalue weighted by molar-refractivity contribution is 5.72. The first-order valence-corrected chi connectivity index (χ1v) is 14.4. The van der Waals surface area contributed by atoms with Crippen molar-refractivity contribution in [2.24, 2.45) is 0 Å². The number of nitrogens with zero attached hydrogens (tertiary/aromatic N) is 5. The Balaban J connectivity index is 1.53. The third-order valence-corrected chi connectivity index (χ3v) is 7.64. The van der Waals surface area contributed by atoms with Crippen LogP contribution in [0.3, 0.4) is 0 Å². The van der Waals surface area contributed by atoms with Crippen LogP contribution in [0.2, 0.25) is 0 Å². The van der Waals surface area contributed by atoms with Crippen LogP contribution < -0.4 is 14.8 Å². The number of anilines is 1. The van der Waals surface area contributed by atoms with Gasteiger partial charge in [-0.05, 0) is 71.7 Å². The lowest BCUT2D eigenvalue weighted by molar-refractivity contribution is 0.00938. The molecule has 11 heteroatoms. The Hall–Kier alpha value is -4.41. The van der Waals surface area contributed by atoms with Crippen LogP contribution in [0, 0.1) is 12.7 Å². The van der Waals surface area contributed by atoms with Gasteiger partial charge in [0.1, 0.15) is 22.9 Å². The molecule has 228 valence electrons. The van der Waals surface area contributed by atoms with E-state index in [1.165, 1.54) is 12.1 Å². The number of amides is 1. The number of methoxy groups -OCH3 is 2. The zero-order valence-electron chi connectivity index (χ0n) is 25.8. The first-order chi connectivity index (χ1) is 20.5. The molecule has 2 aromatic carbocycles. The summed E-state index contributed by atoms with van der Waals surface area (Å²) >= 11 is 0. The minimum atomic E-state index is -0.589. The number of fused-ring (bicyclic) bond motifs is 1. The summed E-state index contributed by atoms with van der Waals surface area (Å²) in [5.74, 6) is 1.98. The molecule has 1 aliphatic heterocycles. The van der Waals surface area contributed by atoms with Gasteiger partial charge >= 0.3 is 6.09 Å². The number of aromatic nitrogens is 4. The normalized spacial score (nSPS) is 17.2. The molecule has 4 aromatic rings. The molecule has 1 amide bonds. The minimum absolute atomic E-state index is 0.0443. The van der Waals surface area contributed by atoms with Crippen molar-refractivity contribution in [3.05, 3.63) is 65.2 Å². The van der Waals surface area contributed by atoms with Crippen LogP contribution >= 0.6 is 0 Å². The summed E-state index contributed by atoms with van der Waals surface area (Å²) in [4.78, 5) is 24.7. The number of likely N-dealkylation sites (tertiary alicyclic amines) is 1. The van der Waals surface area contributed by atoms with Crippen molar-refractivity contribution in [3.63, 3.8) is 0 Å². The maximum Gasteiger partial charge on any atom is 0.410 e. The molecule has 0 bridgehead atoms. The molecule has 1 N–H and O–H groups in total. The summed E-state index contributed by atoms with van der Waals surface area (Å²) in [6.45, 7) is 10.4. The molecular formula is C32H39FN6O4. The number of hydrogen-bond acceptors (Lipinski definition) is 8. The zero-order valence-corrected chi connectivity index (χ0v) is 25.8. The second-order valence-electron chi connectivity index (χ2n) is 11.9. The number of nitrogens with one attached hydrogen (secondary N) is 1. The Bertz CT molecular complexity index is 1630. The van der Waals surface area contributed by atoms with Gasteiger partial charge in [-0.2, -0.15) is 4.52 Å². The molecule has 1 aliphatic rings. The number of halogens is 1. The lowest BCUT2D eigenvalue weighted by atomic mass is 9.93. The number of ether oxygens (including phenoxy) is 3. The van der Waals surface area contributed by atoms with E-state index < -0.39 is 5.60 Å². The van der Waals surface area contributed by atoms with Gasteiger partial charge in [0.25, 0.3) is 0 Å². The van der Waals surface area contributed by atoms with Crippen molar-refractivity contribution in [2.45, 2.75) is 71.6 Å². The molecule has 2 aromatic heterocycles. The lowest BCUT2D eigenvalue weighted by Gasteiger charge is -2.37. The first kappa shape index (κ1) is 30.1. The van der Waals surface area contributed by atoms with Crippen molar-refractivity contribution in [2.75, 3.05) is 26.1 Å². The summed E-state index contributed by atoms with van der Waals surface area (Å²) in [7, 11) is 3.22. The van der Waals surface area contributed by atoms with Crippen molar-refractivity contribution < 1.29 is 23.4 Å². The van der Waals surface area contributed by atoms with Gasteiger partial charge in [0.2, 0.25) is 5.95 Å². The molecule has 1 saturated heterocycles. The Labute approximate surface area is 251 Å². The minimum Gasteiger partial charge on any atom is -0.497 e. The third-order valence-electron chi connectivity index (χ3n) is 7.64. The maximum absolute atomic E-state index is 14.3. The third kappa shape index (κ3) is 6.50. The van der Waals surface area contributed by atoms with Crippen molar-refractivity contribution in [3.8, 4) is 22.8 Å². The summed E-state index contributed by atoms with van der Waals surface area (Å²) < 4.78 is 32.5. The zero-order chi connectivity index (χ0) is 30.9. The van der Waals surface area contributed by atoms with E-state index in [0.29, 0.717) is 53.3 Å². The Morgan fingerprint density at radius 1 is 1.09 bits per heavy atom. The van der Waals surface area contributed by atoms with E-state index in [2.05, 4.69) is 5.32 Å². The van der Waals surface area contributed by atoms with E-state index >= 15 is 0 Å². The number of hydrogen-bond donors (Lipinski definition) is 1. The average molecular weight is 591 g/mol. The SMILES string of the molecule is COc1ccc(CNc2nc(-c3cccc(F)c3)c(C)c3nc(C4CCC(C)N(C(=O)OC(C)(C)C)C4)nn23)c(OC)c1. The van der Waals surface area contributed by atoms with E-state index in [9.17, 15) is 9.18 Å². The number of carbonyl (C=O) groups is 1. The molecule has 2 unspecified atom stereocenters. The van der Waals surface area contributed by atoms with Crippen LogP contribution in [0.4, 0.5) is 15.1 Å². The topological polar surface area (TPSA) is 103 Å². The van der Waals surface area contributed by atoms with Crippen LogP contribution in [-0.4, -0.2) is 63.0 Å². The van der Waals surface area contributed by atoms with Gasteiger partial charge in [0.15, 0.2) is 11.5 Å². The van der Waals surface area contributed by atoms with Crippen LogP contribution in [0.5, 0.6) is 11.5 Å². The van der Waals surface area contributed by atoms with Crippen LogP contribution in [0.1, 0.15) is 63.4 Å². The molecule has 0 radical (unpaired) electrons. The molecule has 43 heavy (non-hydrogen) atoms. The van der Waals surface area contributed by atoms with Crippen LogP contribution in [-0.2, 0) is 11.3 Å². The first-order valence-electron chi connectivity index (χ1n) is 14.4. The molecule has 10 nitrogen and oxygen atoms in total.